The molecule has 0 radical (unpaired) electrons. The number of amides is 1. The van der Waals surface area contributed by atoms with Crippen LogP contribution in [0.1, 0.15) is 24.4 Å². The molecule has 10 heteroatoms. The van der Waals surface area contributed by atoms with E-state index in [1.54, 1.807) is 19.1 Å². The van der Waals surface area contributed by atoms with E-state index in [9.17, 15) is 9.18 Å². The number of benzene rings is 2. The van der Waals surface area contributed by atoms with E-state index in [2.05, 4.69) is 35.9 Å². The van der Waals surface area contributed by atoms with Crippen LogP contribution in [-0.4, -0.2) is 41.3 Å². The fraction of sp³-hybridized carbons (Fsp3) is 0.158. The van der Waals surface area contributed by atoms with Gasteiger partial charge in [0, 0.05) is 12.0 Å². The van der Waals surface area contributed by atoms with Crippen molar-refractivity contribution in [3.8, 4) is 11.4 Å². The van der Waals surface area contributed by atoms with Crippen LogP contribution in [0.3, 0.4) is 0 Å². The zero-order chi connectivity index (χ0) is 20.2. The molecule has 1 amide bonds. The molecule has 0 aliphatic carbocycles. The molecule has 2 heterocycles. The van der Waals surface area contributed by atoms with Crippen molar-refractivity contribution in [2.24, 2.45) is 0 Å². The highest BCUT2D eigenvalue weighted by Crippen LogP contribution is 2.14. The number of nitrogens with one attached hydrogen (secondary N) is 2. The summed E-state index contributed by atoms with van der Waals surface area (Å²) in [5, 5.41) is 21.5. The van der Waals surface area contributed by atoms with Crippen molar-refractivity contribution in [2.75, 3.05) is 5.32 Å². The van der Waals surface area contributed by atoms with Gasteiger partial charge in [-0.2, -0.15) is 9.78 Å². The second-order valence-corrected chi connectivity index (χ2v) is 6.38. The molecule has 9 nitrogen and oxygen atoms in total. The Kier molecular flexibility index (Phi) is 5.06. The van der Waals surface area contributed by atoms with Crippen molar-refractivity contribution in [1.29, 1.82) is 0 Å². The van der Waals surface area contributed by atoms with Crippen LogP contribution < -0.4 is 5.32 Å². The molecule has 1 atom stereocenters. The third kappa shape index (κ3) is 4.32. The molecule has 4 rings (SSSR count). The average Bonchev–Trinajstić information content (AvgIpc) is 3.38. The fourth-order valence-electron chi connectivity index (χ4n) is 2.68. The van der Waals surface area contributed by atoms with E-state index in [0.29, 0.717) is 18.1 Å². The molecule has 146 valence electrons. The lowest BCUT2D eigenvalue weighted by atomic mass is 10.1. The van der Waals surface area contributed by atoms with Crippen molar-refractivity contribution < 1.29 is 9.18 Å². The Balaban J connectivity index is 1.40. The third-order valence-electron chi connectivity index (χ3n) is 4.21. The van der Waals surface area contributed by atoms with Gasteiger partial charge >= 0.3 is 0 Å². The Hall–Kier alpha value is -3.95. The van der Waals surface area contributed by atoms with Gasteiger partial charge in [0.2, 0.25) is 11.8 Å². The van der Waals surface area contributed by atoms with Gasteiger partial charge in [-0.15, -0.1) is 15.3 Å². The lowest BCUT2D eigenvalue weighted by Gasteiger charge is -2.08. The minimum atomic E-state index is -0.717. The molecular formula is C19H17FN8O. The van der Waals surface area contributed by atoms with Crippen molar-refractivity contribution in [1.82, 2.24) is 35.4 Å². The van der Waals surface area contributed by atoms with E-state index >= 15 is 0 Å². The van der Waals surface area contributed by atoms with Crippen molar-refractivity contribution in [3.63, 3.8) is 0 Å². The van der Waals surface area contributed by atoms with E-state index in [-0.39, 0.29) is 11.8 Å². The highest BCUT2D eigenvalue weighted by atomic mass is 19.1. The van der Waals surface area contributed by atoms with Crippen LogP contribution >= 0.6 is 0 Å². The number of hydrogen-bond donors (Lipinski definition) is 2. The number of nitrogens with zero attached hydrogens (tertiary/aromatic N) is 6. The summed E-state index contributed by atoms with van der Waals surface area (Å²) >= 11 is 0. The second kappa shape index (κ2) is 7.97. The van der Waals surface area contributed by atoms with Gasteiger partial charge in [-0.05, 0) is 29.8 Å². The predicted molar refractivity (Wildman–Crippen MR) is 102 cm³/mol. The molecule has 0 fully saturated rings. The van der Waals surface area contributed by atoms with E-state index < -0.39 is 11.9 Å². The Morgan fingerprint density at radius 2 is 2.03 bits per heavy atom. The molecule has 4 aromatic rings. The maximum Gasteiger partial charge on any atom is 0.253 e. The first-order valence-corrected chi connectivity index (χ1v) is 8.90. The number of hydrogen-bond acceptors (Lipinski definition) is 6. The topological polar surface area (TPSA) is 114 Å². The lowest BCUT2D eigenvalue weighted by molar-refractivity contribution is -0.119. The molecule has 0 spiro atoms. The number of carbonyl (C=O) groups excluding carboxylic acids is 1. The fourth-order valence-corrected chi connectivity index (χ4v) is 2.68. The molecular weight excluding hydrogens is 375 g/mol. The zero-order valence-electron chi connectivity index (χ0n) is 15.5. The Labute approximate surface area is 165 Å². The maximum atomic E-state index is 13.3. The summed E-state index contributed by atoms with van der Waals surface area (Å²) in [4.78, 5) is 17.9. The van der Waals surface area contributed by atoms with E-state index in [0.717, 1.165) is 11.1 Å². The lowest BCUT2D eigenvalue weighted by Crippen LogP contribution is -2.26. The van der Waals surface area contributed by atoms with Gasteiger partial charge in [0.25, 0.3) is 5.91 Å². The van der Waals surface area contributed by atoms with Gasteiger partial charge in [-0.1, -0.05) is 42.5 Å². The summed E-state index contributed by atoms with van der Waals surface area (Å²) < 4.78 is 13.3. The molecule has 0 saturated carbocycles. The standard InChI is InChI=1S/C19H17FN8O/c1-12(28-26-17(24-27-28)14-7-3-2-4-8-14)18(29)22-19-21-16(23-25-19)11-13-6-5-9-15(20)10-13/h2-10,12H,11H2,1H3,(H2,21,22,23,25,29). The summed E-state index contributed by atoms with van der Waals surface area (Å²) in [5.74, 6) is 0.346. The van der Waals surface area contributed by atoms with E-state index in [1.165, 1.54) is 16.9 Å². The average molecular weight is 392 g/mol. The first kappa shape index (κ1) is 18.4. The smallest absolute Gasteiger partial charge is 0.253 e. The van der Waals surface area contributed by atoms with Gasteiger partial charge in [0.1, 0.15) is 17.7 Å². The molecule has 1 unspecified atom stereocenters. The van der Waals surface area contributed by atoms with Crippen LogP contribution in [0.5, 0.6) is 0 Å². The number of rotatable bonds is 6. The van der Waals surface area contributed by atoms with Crippen molar-refractivity contribution in [2.45, 2.75) is 19.4 Å². The molecule has 0 bridgehead atoms. The predicted octanol–water partition coefficient (Wildman–Crippen LogP) is 2.39. The summed E-state index contributed by atoms with van der Waals surface area (Å²) in [6, 6.07) is 14.8. The normalized spacial score (nSPS) is 11.9. The SMILES string of the molecule is CC(C(=O)Nc1n[nH]c(Cc2cccc(F)c2)n1)n1nnc(-c2ccccc2)n1. The highest BCUT2D eigenvalue weighted by Gasteiger charge is 2.20. The van der Waals surface area contributed by atoms with Crippen molar-refractivity contribution in [3.05, 3.63) is 71.8 Å². The van der Waals surface area contributed by atoms with E-state index in [4.69, 9.17) is 0 Å². The first-order valence-electron chi connectivity index (χ1n) is 8.90. The number of aromatic nitrogens is 7. The van der Waals surface area contributed by atoms with Gasteiger partial charge < -0.3 is 0 Å². The number of anilines is 1. The van der Waals surface area contributed by atoms with Crippen LogP contribution in [0.4, 0.5) is 10.3 Å². The van der Waals surface area contributed by atoms with Crippen LogP contribution in [0.25, 0.3) is 11.4 Å². The molecule has 0 saturated heterocycles. The minimum Gasteiger partial charge on any atom is -0.291 e. The van der Waals surface area contributed by atoms with Crippen LogP contribution in [0.15, 0.2) is 54.6 Å². The Morgan fingerprint density at radius 3 is 2.83 bits per heavy atom. The summed E-state index contributed by atoms with van der Waals surface area (Å²) in [7, 11) is 0. The van der Waals surface area contributed by atoms with Crippen LogP contribution in [-0.2, 0) is 11.2 Å². The number of H-pyrrole nitrogens is 1. The summed E-state index contributed by atoms with van der Waals surface area (Å²) in [6.45, 7) is 1.64. The summed E-state index contributed by atoms with van der Waals surface area (Å²) in [6.07, 6.45) is 0.362. The van der Waals surface area contributed by atoms with Crippen LogP contribution in [0, 0.1) is 5.82 Å². The number of aromatic amines is 1. The first-order chi connectivity index (χ1) is 14.1. The molecule has 2 aromatic carbocycles. The third-order valence-corrected chi connectivity index (χ3v) is 4.21. The summed E-state index contributed by atoms with van der Waals surface area (Å²) in [5.41, 5.74) is 1.55. The molecule has 2 aromatic heterocycles. The molecule has 29 heavy (non-hydrogen) atoms. The number of tetrazole rings is 1. The van der Waals surface area contributed by atoms with Gasteiger partial charge in [-0.3, -0.25) is 15.2 Å². The molecule has 0 aliphatic rings. The van der Waals surface area contributed by atoms with E-state index in [1.807, 2.05) is 30.3 Å². The monoisotopic (exact) mass is 392 g/mol. The van der Waals surface area contributed by atoms with Gasteiger partial charge in [0.05, 0.1) is 0 Å². The molecule has 0 aliphatic heterocycles. The highest BCUT2D eigenvalue weighted by molar-refractivity contribution is 5.91. The second-order valence-electron chi connectivity index (χ2n) is 6.38. The largest absolute Gasteiger partial charge is 0.291 e. The Bertz CT molecular complexity index is 1120. The van der Waals surface area contributed by atoms with Gasteiger partial charge in [0.15, 0.2) is 0 Å². The molecule has 2 N–H and O–H groups in total. The maximum absolute atomic E-state index is 13.3. The number of carbonyl (C=O) groups is 1. The van der Waals surface area contributed by atoms with Gasteiger partial charge in [-0.25, -0.2) is 4.39 Å². The van der Waals surface area contributed by atoms with Crippen LogP contribution in [0.2, 0.25) is 0 Å². The van der Waals surface area contributed by atoms with Crippen molar-refractivity contribution >= 4 is 11.9 Å². The quantitative estimate of drug-likeness (QED) is 0.521. The zero-order valence-corrected chi connectivity index (χ0v) is 15.5. The minimum absolute atomic E-state index is 0.122. The number of halogens is 1. The Morgan fingerprint density at radius 1 is 1.21 bits per heavy atom.